The van der Waals surface area contributed by atoms with E-state index in [1.165, 1.54) is 38.5 Å². The van der Waals surface area contributed by atoms with Gasteiger partial charge >= 0.3 is 11.9 Å². The Morgan fingerprint density at radius 2 is 1.29 bits per heavy atom. The summed E-state index contributed by atoms with van der Waals surface area (Å²) in [5.74, 6) is -2.28. The molecule has 1 aromatic carbocycles. The predicted molar refractivity (Wildman–Crippen MR) is 114 cm³/mol. The van der Waals surface area contributed by atoms with Crippen molar-refractivity contribution in [1.82, 2.24) is 9.80 Å². The molecule has 2 fully saturated rings. The molecule has 0 spiro atoms. The zero-order valence-corrected chi connectivity index (χ0v) is 18.2. The van der Waals surface area contributed by atoms with Crippen LogP contribution in [0.3, 0.4) is 0 Å². The molecule has 2 aliphatic rings. The minimum Gasteiger partial charge on any atom is -0.497 e. The first-order valence-electron chi connectivity index (χ1n) is 10.6. The average molecular weight is 437 g/mol. The summed E-state index contributed by atoms with van der Waals surface area (Å²) in [6.45, 7) is 3.57. The second kappa shape index (κ2) is 12.1. The first-order valence-corrected chi connectivity index (χ1v) is 10.6. The van der Waals surface area contributed by atoms with Gasteiger partial charge in [0.1, 0.15) is 11.5 Å². The monoisotopic (exact) mass is 436 g/mol. The molecule has 1 aromatic rings. The summed E-state index contributed by atoms with van der Waals surface area (Å²) in [6.07, 6.45) is 8.11. The van der Waals surface area contributed by atoms with E-state index in [9.17, 15) is 4.79 Å². The van der Waals surface area contributed by atoms with Crippen LogP contribution in [0.15, 0.2) is 18.2 Å². The van der Waals surface area contributed by atoms with Gasteiger partial charge in [0, 0.05) is 43.9 Å². The molecule has 0 bridgehead atoms. The Balaban J connectivity index is 0.000000501. The molecule has 0 atom stereocenters. The van der Waals surface area contributed by atoms with Crippen LogP contribution >= 0.6 is 0 Å². The summed E-state index contributed by atoms with van der Waals surface area (Å²) in [7, 11) is 3.21. The van der Waals surface area contributed by atoms with Crippen molar-refractivity contribution in [2.45, 2.75) is 44.6 Å². The molecule has 0 unspecified atom stereocenters. The van der Waals surface area contributed by atoms with Gasteiger partial charge in [-0.25, -0.2) is 9.59 Å². The highest BCUT2D eigenvalue weighted by atomic mass is 16.5. The maximum absolute atomic E-state index is 12.9. The Kier molecular flexibility index (Phi) is 9.58. The van der Waals surface area contributed by atoms with Gasteiger partial charge in [-0.15, -0.1) is 0 Å². The number of carboxylic acid groups (broad SMARTS) is 2. The van der Waals surface area contributed by atoms with Gasteiger partial charge in [-0.1, -0.05) is 25.7 Å². The van der Waals surface area contributed by atoms with Crippen LogP contribution in [0.1, 0.15) is 48.9 Å². The normalized spacial score (nSPS) is 17.7. The van der Waals surface area contributed by atoms with E-state index < -0.39 is 11.9 Å². The Hall–Kier alpha value is -2.81. The second-order valence-electron chi connectivity index (χ2n) is 7.69. The van der Waals surface area contributed by atoms with Gasteiger partial charge < -0.3 is 24.6 Å². The van der Waals surface area contributed by atoms with Crippen LogP contribution in [-0.2, 0) is 9.59 Å². The summed E-state index contributed by atoms with van der Waals surface area (Å²) in [6, 6.07) is 6.10. The molecule has 1 amide bonds. The average Bonchev–Trinajstić information content (AvgIpc) is 3.08. The van der Waals surface area contributed by atoms with E-state index in [4.69, 9.17) is 29.3 Å². The van der Waals surface area contributed by atoms with Crippen molar-refractivity contribution in [3.05, 3.63) is 23.8 Å². The van der Waals surface area contributed by atoms with Crippen LogP contribution in [0.5, 0.6) is 11.5 Å². The zero-order valence-electron chi connectivity index (χ0n) is 18.2. The highest BCUT2D eigenvalue weighted by Gasteiger charge is 2.27. The predicted octanol–water partition coefficient (Wildman–Crippen LogP) is 2.34. The fourth-order valence-corrected chi connectivity index (χ4v) is 4.03. The minimum absolute atomic E-state index is 0.0673. The van der Waals surface area contributed by atoms with Crippen LogP contribution < -0.4 is 9.47 Å². The number of carbonyl (C=O) groups excluding carboxylic acids is 1. The lowest BCUT2D eigenvalue weighted by atomic mass is 10.1. The molecule has 172 valence electrons. The van der Waals surface area contributed by atoms with Crippen LogP contribution in [0.2, 0.25) is 0 Å². The summed E-state index contributed by atoms with van der Waals surface area (Å²) in [5.41, 5.74) is 0.638. The molecule has 31 heavy (non-hydrogen) atoms. The number of nitrogens with zero attached hydrogens (tertiary/aromatic N) is 2. The van der Waals surface area contributed by atoms with E-state index >= 15 is 0 Å². The van der Waals surface area contributed by atoms with Crippen LogP contribution in [0.25, 0.3) is 0 Å². The van der Waals surface area contributed by atoms with Gasteiger partial charge in [0.15, 0.2) is 0 Å². The Labute approximate surface area is 182 Å². The number of piperazine rings is 1. The molecule has 2 N–H and O–H groups in total. The number of hydrogen-bond donors (Lipinski definition) is 2. The standard InChI is InChI=1S/C20H30N2O3.C2H2O4/c1-24-18-13-16(14-19(15-18)25-2)20(23)22-11-9-21(10-12-22)17-7-5-3-4-6-8-17;3-1(4)2(5)6/h13-15,17H,3-12H2,1-2H3;(H,3,4)(H,5,6). The van der Waals surface area contributed by atoms with Crippen molar-refractivity contribution in [2.75, 3.05) is 40.4 Å². The number of carbonyl (C=O) groups is 3. The van der Waals surface area contributed by atoms with Gasteiger partial charge in [-0.3, -0.25) is 9.69 Å². The van der Waals surface area contributed by atoms with Crippen molar-refractivity contribution >= 4 is 17.8 Å². The van der Waals surface area contributed by atoms with E-state index in [-0.39, 0.29) is 5.91 Å². The van der Waals surface area contributed by atoms with E-state index in [0.717, 1.165) is 32.2 Å². The number of benzene rings is 1. The summed E-state index contributed by atoms with van der Waals surface area (Å²) in [5, 5.41) is 14.8. The van der Waals surface area contributed by atoms with Crippen molar-refractivity contribution in [3.8, 4) is 11.5 Å². The molecule has 1 saturated carbocycles. The lowest BCUT2D eigenvalue weighted by Gasteiger charge is -2.39. The molecular weight excluding hydrogens is 404 g/mol. The molecule has 0 aromatic heterocycles. The smallest absolute Gasteiger partial charge is 0.414 e. The number of rotatable bonds is 4. The van der Waals surface area contributed by atoms with Gasteiger partial charge in [0.05, 0.1) is 14.2 Å². The molecule has 3 rings (SSSR count). The highest BCUT2D eigenvalue weighted by Crippen LogP contribution is 2.25. The number of carboxylic acids is 2. The molecule has 9 heteroatoms. The first kappa shape index (κ1) is 24.5. The fourth-order valence-electron chi connectivity index (χ4n) is 4.03. The van der Waals surface area contributed by atoms with Crippen molar-refractivity contribution < 1.29 is 34.1 Å². The third-order valence-corrected chi connectivity index (χ3v) is 5.72. The van der Waals surface area contributed by atoms with E-state index in [2.05, 4.69) is 4.90 Å². The van der Waals surface area contributed by atoms with Crippen molar-refractivity contribution in [1.29, 1.82) is 0 Å². The largest absolute Gasteiger partial charge is 0.497 e. The molecular formula is C22H32N2O7. The van der Waals surface area contributed by atoms with Crippen LogP contribution in [-0.4, -0.2) is 84.3 Å². The summed E-state index contributed by atoms with van der Waals surface area (Å²) in [4.78, 5) is 35.6. The van der Waals surface area contributed by atoms with E-state index in [1.807, 2.05) is 4.90 Å². The van der Waals surface area contributed by atoms with Crippen LogP contribution in [0.4, 0.5) is 0 Å². The van der Waals surface area contributed by atoms with Crippen molar-refractivity contribution in [2.24, 2.45) is 0 Å². The Morgan fingerprint density at radius 3 is 1.71 bits per heavy atom. The molecule has 0 radical (unpaired) electrons. The van der Waals surface area contributed by atoms with Gasteiger partial charge in [0.2, 0.25) is 0 Å². The maximum atomic E-state index is 12.9. The van der Waals surface area contributed by atoms with Gasteiger partial charge in [-0.05, 0) is 25.0 Å². The number of methoxy groups -OCH3 is 2. The quantitative estimate of drug-likeness (QED) is 0.546. The number of aliphatic carboxylic acids is 2. The molecule has 9 nitrogen and oxygen atoms in total. The minimum atomic E-state index is -1.82. The highest BCUT2D eigenvalue weighted by molar-refractivity contribution is 6.27. The van der Waals surface area contributed by atoms with E-state index in [1.54, 1.807) is 32.4 Å². The number of hydrogen-bond acceptors (Lipinski definition) is 6. The van der Waals surface area contributed by atoms with Gasteiger partial charge in [-0.2, -0.15) is 0 Å². The lowest BCUT2D eigenvalue weighted by molar-refractivity contribution is -0.159. The summed E-state index contributed by atoms with van der Waals surface area (Å²) >= 11 is 0. The summed E-state index contributed by atoms with van der Waals surface area (Å²) < 4.78 is 10.6. The zero-order chi connectivity index (χ0) is 22.8. The lowest BCUT2D eigenvalue weighted by Crippen LogP contribution is -2.51. The van der Waals surface area contributed by atoms with Crippen molar-refractivity contribution in [3.63, 3.8) is 0 Å². The topological polar surface area (TPSA) is 117 Å². The fraction of sp³-hybridized carbons (Fsp3) is 0.591. The number of ether oxygens (including phenoxy) is 2. The molecule has 1 aliphatic heterocycles. The van der Waals surface area contributed by atoms with Gasteiger partial charge in [0.25, 0.3) is 5.91 Å². The SMILES string of the molecule is COc1cc(OC)cc(C(=O)N2CCN(C3CCCCCC3)CC2)c1.O=C(O)C(=O)O. The second-order valence-corrected chi connectivity index (χ2v) is 7.69. The Morgan fingerprint density at radius 1 is 0.806 bits per heavy atom. The molecule has 1 saturated heterocycles. The Bertz CT molecular complexity index is 718. The maximum Gasteiger partial charge on any atom is 0.414 e. The van der Waals surface area contributed by atoms with Crippen LogP contribution in [0, 0.1) is 0 Å². The third kappa shape index (κ3) is 7.43. The first-order chi connectivity index (χ1) is 14.8. The van der Waals surface area contributed by atoms with E-state index in [0.29, 0.717) is 17.1 Å². The number of amides is 1. The molecule has 1 heterocycles. The third-order valence-electron chi connectivity index (χ3n) is 5.72. The molecule has 1 aliphatic carbocycles.